The molecule has 0 heterocycles. The number of unbranched alkanes of at least 4 members (excludes halogenated alkanes) is 3. The number of rotatable bonds is 21. The number of carbonyl (C=O) groups excluding carboxylic acids is 1. The number of aliphatic hydroxyl groups is 1. The molecule has 0 aliphatic heterocycles. The molecule has 1 N–H and O–H groups in total. The Hall–Kier alpha value is -1.65. The van der Waals surface area contributed by atoms with Crippen molar-refractivity contribution >= 4 is 5.97 Å². The van der Waals surface area contributed by atoms with Gasteiger partial charge in [0.25, 0.3) is 0 Å². The molecule has 0 saturated heterocycles. The van der Waals surface area contributed by atoms with Crippen molar-refractivity contribution < 1.29 is 19.4 Å². The second-order valence-corrected chi connectivity index (χ2v) is 10.7. The summed E-state index contributed by atoms with van der Waals surface area (Å²) in [5.74, 6) is 1.08. The number of hydrogen-bond acceptors (Lipinski definition) is 4. The number of esters is 1. The minimum Gasteiger partial charge on any atom is -0.462 e. The summed E-state index contributed by atoms with van der Waals surface area (Å²) < 4.78 is 10.8. The molecule has 0 spiro atoms. The SMILES string of the molecule is C=C(CO)C(=O)OCCC(COC)C(C)CCC(CCCC)CCc1ccc(CCCCC)c(C)c1. The molecule has 0 aliphatic rings. The third kappa shape index (κ3) is 13.1. The zero-order valence-electron chi connectivity index (χ0n) is 23.9. The molecule has 206 valence electrons. The van der Waals surface area contributed by atoms with Crippen LogP contribution in [0.1, 0.15) is 102 Å². The van der Waals surface area contributed by atoms with Gasteiger partial charge in [-0.1, -0.05) is 90.5 Å². The van der Waals surface area contributed by atoms with Gasteiger partial charge in [0.05, 0.1) is 18.8 Å². The highest BCUT2D eigenvalue weighted by atomic mass is 16.5. The van der Waals surface area contributed by atoms with Crippen LogP contribution in [-0.2, 0) is 27.1 Å². The second kappa shape index (κ2) is 19.5. The quantitative estimate of drug-likeness (QED) is 0.107. The molecule has 4 nitrogen and oxygen atoms in total. The third-order valence-corrected chi connectivity index (χ3v) is 7.68. The van der Waals surface area contributed by atoms with Crippen molar-refractivity contribution in [1.29, 1.82) is 0 Å². The molecule has 0 bridgehead atoms. The molecule has 0 saturated carbocycles. The molecule has 0 aromatic heterocycles. The van der Waals surface area contributed by atoms with E-state index in [4.69, 9.17) is 14.6 Å². The number of methoxy groups -OCH3 is 1. The van der Waals surface area contributed by atoms with Crippen LogP contribution in [0.2, 0.25) is 0 Å². The van der Waals surface area contributed by atoms with Gasteiger partial charge in [-0.3, -0.25) is 0 Å². The lowest BCUT2D eigenvalue weighted by molar-refractivity contribution is -0.140. The molecular formula is C32H54O4. The van der Waals surface area contributed by atoms with Crippen LogP contribution < -0.4 is 0 Å². The smallest absolute Gasteiger partial charge is 0.335 e. The van der Waals surface area contributed by atoms with Crippen LogP contribution >= 0.6 is 0 Å². The lowest BCUT2D eigenvalue weighted by atomic mass is 9.83. The van der Waals surface area contributed by atoms with E-state index in [2.05, 4.69) is 52.5 Å². The van der Waals surface area contributed by atoms with E-state index in [1.807, 2.05) is 0 Å². The van der Waals surface area contributed by atoms with Gasteiger partial charge in [-0.25, -0.2) is 4.79 Å². The van der Waals surface area contributed by atoms with Gasteiger partial charge in [-0.2, -0.15) is 0 Å². The zero-order valence-corrected chi connectivity index (χ0v) is 23.9. The van der Waals surface area contributed by atoms with Crippen molar-refractivity contribution in [2.45, 2.75) is 105 Å². The Bertz CT molecular complexity index is 742. The van der Waals surface area contributed by atoms with Gasteiger partial charge in [0.15, 0.2) is 0 Å². The Morgan fingerprint density at radius 2 is 1.75 bits per heavy atom. The van der Waals surface area contributed by atoms with Gasteiger partial charge >= 0.3 is 5.97 Å². The molecule has 3 atom stereocenters. The molecule has 36 heavy (non-hydrogen) atoms. The Morgan fingerprint density at radius 1 is 1.00 bits per heavy atom. The van der Waals surface area contributed by atoms with E-state index < -0.39 is 5.97 Å². The Balaban J connectivity index is 2.60. The minimum atomic E-state index is -0.509. The van der Waals surface area contributed by atoms with E-state index in [0.29, 0.717) is 25.0 Å². The van der Waals surface area contributed by atoms with Gasteiger partial charge in [0.1, 0.15) is 0 Å². The maximum absolute atomic E-state index is 11.8. The predicted octanol–water partition coefficient (Wildman–Crippen LogP) is 7.63. The summed E-state index contributed by atoms with van der Waals surface area (Å²) in [5, 5.41) is 9.03. The summed E-state index contributed by atoms with van der Waals surface area (Å²) in [5.41, 5.74) is 4.54. The average Bonchev–Trinajstić information content (AvgIpc) is 2.88. The van der Waals surface area contributed by atoms with Crippen molar-refractivity contribution in [3.05, 3.63) is 47.0 Å². The van der Waals surface area contributed by atoms with E-state index in [1.54, 1.807) is 7.11 Å². The maximum Gasteiger partial charge on any atom is 0.335 e. The van der Waals surface area contributed by atoms with E-state index in [0.717, 1.165) is 25.2 Å². The van der Waals surface area contributed by atoms with Crippen molar-refractivity contribution in [3.63, 3.8) is 0 Å². The van der Waals surface area contributed by atoms with Crippen molar-refractivity contribution in [2.24, 2.45) is 17.8 Å². The van der Waals surface area contributed by atoms with Crippen LogP contribution in [0.25, 0.3) is 0 Å². The summed E-state index contributed by atoms with van der Waals surface area (Å²) >= 11 is 0. The molecule has 1 aromatic rings. The number of aliphatic hydroxyl groups excluding tert-OH is 1. The van der Waals surface area contributed by atoms with Gasteiger partial charge in [-0.15, -0.1) is 0 Å². The van der Waals surface area contributed by atoms with Gasteiger partial charge < -0.3 is 14.6 Å². The second-order valence-electron chi connectivity index (χ2n) is 10.7. The fraction of sp³-hybridized carbons (Fsp3) is 0.719. The molecular weight excluding hydrogens is 448 g/mol. The summed E-state index contributed by atoms with van der Waals surface area (Å²) in [7, 11) is 1.74. The standard InChI is InChI=1S/C32H54O4/c1-7-9-11-13-30-19-18-29(22-26(30)4)17-16-28(12-10-8-2)15-14-25(3)31(24-35-6)20-21-36-32(34)27(5)23-33/h18-19,22,25,28,31,33H,5,7-17,20-21,23-24H2,1-4,6H3. The van der Waals surface area contributed by atoms with E-state index in [9.17, 15) is 4.79 Å². The predicted molar refractivity (Wildman–Crippen MR) is 151 cm³/mol. The minimum absolute atomic E-state index is 0.103. The number of aryl methyl sites for hydroxylation is 3. The zero-order chi connectivity index (χ0) is 26.8. The molecule has 4 heteroatoms. The van der Waals surface area contributed by atoms with E-state index in [1.165, 1.54) is 74.5 Å². The highest BCUT2D eigenvalue weighted by molar-refractivity contribution is 5.87. The third-order valence-electron chi connectivity index (χ3n) is 7.68. The Morgan fingerprint density at radius 3 is 2.39 bits per heavy atom. The monoisotopic (exact) mass is 502 g/mol. The van der Waals surface area contributed by atoms with Crippen LogP contribution in [-0.4, -0.2) is 38.0 Å². The normalized spacial score (nSPS) is 13.8. The van der Waals surface area contributed by atoms with Crippen molar-refractivity contribution in [2.75, 3.05) is 26.9 Å². The molecule has 1 aromatic carbocycles. The summed E-state index contributed by atoms with van der Waals surface area (Å²) in [6, 6.07) is 7.14. The first kappa shape index (κ1) is 32.4. The fourth-order valence-electron chi connectivity index (χ4n) is 5.01. The van der Waals surface area contributed by atoms with Gasteiger partial charge in [0.2, 0.25) is 0 Å². The van der Waals surface area contributed by atoms with Crippen molar-refractivity contribution in [3.8, 4) is 0 Å². The molecule has 0 radical (unpaired) electrons. The first-order chi connectivity index (χ1) is 17.4. The molecule has 3 unspecified atom stereocenters. The van der Waals surface area contributed by atoms with Crippen molar-refractivity contribution in [1.82, 2.24) is 0 Å². The van der Waals surface area contributed by atoms with Crippen LogP contribution in [0.15, 0.2) is 30.4 Å². The topological polar surface area (TPSA) is 55.8 Å². The highest BCUT2D eigenvalue weighted by Gasteiger charge is 2.20. The number of benzene rings is 1. The fourth-order valence-corrected chi connectivity index (χ4v) is 5.01. The first-order valence-corrected chi connectivity index (χ1v) is 14.4. The Labute approximate surface area is 221 Å². The Kier molecular flexibility index (Phi) is 17.5. The van der Waals surface area contributed by atoms with Gasteiger partial charge in [-0.05, 0) is 73.5 Å². The molecule has 1 rings (SSSR count). The number of ether oxygens (including phenoxy) is 2. The van der Waals surface area contributed by atoms with Gasteiger partial charge in [0, 0.05) is 13.7 Å². The molecule has 0 aliphatic carbocycles. The molecule has 0 fully saturated rings. The summed E-state index contributed by atoms with van der Waals surface area (Å²) in [6.45, 7) is 13.3. The van der Waals surface area contributed by atoms with Crippen LogP contribution in [0, 0.1) is 24.7 Å². The van der Waals surface area contributed by atoms with E-state index >= 15 is 0 Å². The van der Waals surface area contributed by atoms with Crippen LogP contribution in [0.4, 0.5) is 0 Å². The lowest BCUT2D eigenvalue weighted by Gasteiger charge is -2.25. The van der Waals surface area contributed by atoms with Crippen LogP contribution in [0.3, 0.4) is 0 Å². The number of hydrogen-bond donors (Lipinski definition) is 1. The summed E-state index contributed by atoms with van der Waals surface area (Å²) in [4.78, 5) is 11.8. The van der Waals surface area contributed by atoms with E-state index in [-0.39, 0.29) is 12.2 Å². The number of carbonyl (C=O) groups is 1. The average molecular weight is 503 g/mol. The first-order valence-electron chi connectivity index (χ1n) is 14.4. The largest absolute Gasteiger partial charge is 0.462 e. The highest BCUT2D eigenvalue weighted by Crippen LogP contribution is 2.28. The molecule has 0 amide bonds. The lowest BCUT2D eigenvalue weighted by Crippen LogP contribution is -2.22. The van der Waals surface area contributed by atoms with Crippen LogP contribution in [0.5, 0.6) is 0 Å². The summed E-state index contributed by atoms with van der Waals surface area (Å²) in [6.07, 6.45) is 14.5. The maximum atomic E-state index is 11.8.